The second-order valence-electron chi connectivity index (χ2n) is 7.77. The van der Waals surface area contributed by atoms with E-state index in [0.717, 1.165) is 28.2 Å². The molecule has 0 saturated heterocycles. The topological polar surface area (TPSA) is 59.0 Å². The summed E-state index contributed by atoms with van der Waals surface area (Å²) in [6, 6.07) is 21.4. The Morgan fingerprint density at radius 2 is 1.79 bits per heavy atom. The summed E-state index contributed by atoms with van der Waals surface area (Å²) >= 11 is 0. The summed E-state index contributed by atoms with van der Waals surface area (Å²) in [6.07, 6.45) is 5.15. The van der Waals surface area contributed by atoms with Gasteiger partial charge in [0.15, 0.2) is 11.1 Å². The van der Waals surface area contributed by atoms with Crippen molar-refractivity contribution in [3.8, 4) is 5.69 Å². The van der Waals surface area contributed by atoms with Crippen molar-refractivity contribution in [1.29, 1.82) is 0 Å². The van der Waals surface area contributed by atoms with Crippen molar-refractivity contribution in [3.05, 3.63) is 125 Å². The van der Waals surface area contributed by atoms with E-state index in [1.807, 2.05) is 73.0 Å². The number of aryl methyl sites for hydroxylation is 2. The average Bonchev–Trinajstić information content (AvgIpc) is 2.79. The molecule has 0 aliphatic heterocycles. The van der Waals surface area contributed by atoms with Crippen molar-refractivity contribution in [2.45, 2.75) is 13.8 Å². The predicted octanol–water partition coefficient (Wildman–Crippen LogP) is 6.41. The lowest BCUT2D eigenvalue weighted by atomic mass is 10.1. The van der Waals surface area contributed by atoms with Crippen LogP contribution in [0.2, 0.25) is 0 Å². The van der Waals surface area contributed by atoms with Crippen LogP contribution in [0.3, 0.4) is 0 Å². The molecule has 2 N–H and O–H groups in total. The smallest absolute Gasteiger partial charge is 0.193 e. The molecule has 164 valence electrons. The molecule has 0 bridgehead atoms. The highest BCUT2D eigenvalue weighted by Gasteiger charge is 2.16. The Hall–Kier alpha value is -4.38. The maximum Gasteiger partial charge on any atom is 0.193 e. The lowest BCUT2D eigenvalue weighted by molar-refractivity contribution is 1.06. The molecule has 0 atom stereocenters. The molecule has 2 aromatic heterocycles. The summed E-state index contributed by atoms with van der Waals surface area (Å²) in [6.45, 7) is 11.6. The number of hydrogen-bond donors (Lipinski definition) is 2. The summed E-state index contributed by atoms with van der Waals surface area (Å²) in [4.78, 5) is 18.1. The van der Waals surface area contributed by atoms with Gasteiger partial charge in [0.25, 0.3) is 0 Å². The number of pyridine rings is 2. The van der Waals surface area contributed by atoms with Crippen LogP contribution in [-0.4, -0.2) is 9.55 Å². The van der Waals surface area contributed by atoms with Crippen LogP contribution in [0.5, 0.6) is 0 Å². The summed E-state index contributed by atoms with van der Waals surface area (Å²) in [5.41, 5.74) is 5.00. The second-order valence-corrected chi connectivity index (χ2v) is 7.77. The second kappa shape index (κ2) is 9.40. The summed E-state index contributed by atoms with van der Waals surface area (Å²) in [7, 11) is 0. The highest BCUT2D eigenvalue weighted by Crippen LogP contribution is 2.27. The highest BCUT2D eigenvalue weighted by atomic mass is 16.1. The van der Waals surface area contributed by atoms with E-state index in [-0.39, 0.29) is 5.43 Å². The van der Waals surface area contributed by atoms with Crippen LogP contribution in [0.25, 0.3) is 16.7 Å². The number of nitrogens with one attached hydrogen (secondary N) is 2. The Morgan fingerprint density at radius 1 is 1.00 bits per heavy atom. The lowest BCUT2D eigenvalue weighted by Gasteiger charge is -2.19. The Bertz CT molecular complexity index is 1430. The largest absolute Gasteiger partial charge is 0.341 e. The Labute approximate surface area is 193 Å². The summed E-state index contributed by atoms with van der Waals surface area (Å²) < 4.78 is 1.95. The van der Waals surface area contributed by atoms with Crippen LogP contribution in [0, 0.1) is 13.8 Å². The van der Waals surface area contributed by atoms with E-state index < -0.39 is 0 Å². The first-order chi connectivity index (χ1) is 16.0. The zero-order chi connectivity index (χ0) is 23.4. The molecule has 0 fully saturated rings. The van der Waals surface area contributed by atoms with Crippen molar-refractivity contribution < 1.29 is 0 Å². The fourth-order valence-corrected chi connectivity index (χ4v) is 3.80. The van der Waals surface area contributed by atoms with E-state index in [9.17, 15) is 4.79 Å². The minimum atomic E-state index is -0.103. The van der Waals surface area contributed by atoms with Crippen molar-refractivity contribution in [3.63, 3.8) is 0 Å². The van der Waals surface area contributed by atoms with Crippen molar-refractivity contribution in [2.24, 2.45) is 0 Å². The summed E-state index contributed by atoms with van der Waals surface area (Å²) in [5.74, 6) is 1.25. The molecule has 0 unspecified atom stereocenters. The number of hydrogen-bond acceptors (Lipinski definition) is 4. The molecule has 4 aromatic rings. The van der Waals surface area contributed by atoms with Gasteiger partial charge in [-0.1, -0.05) is 49.6 Å². The molecule has 0 aliphatic rings. The SMILES string of the molecule is C=C/C=C(\C=C)Nc1cc(=O)c2c(C)cc(Nc3cccc(C)c3)nc2n1-c1ccccc1. The third-order valence-corrected chi connectivity index (χ3v) is 5.26. The number of fused-ring (bicyclic) bond motifs is 1. The maximum absolute atomic E-state index is 13.2. The molecule has 0 radical (unpaired) electrons. The average molecular weight is 435 g/mol. The van der Waals surface area contributed by atoms with Crippen LogP contribution in [0.4, 0.5) is 17.3 Å². The van der Waals surface area contributed by atoms with Gasteiger partial charge in [0.05, 0.1) is 5.39 Å². The van der Waals surface area contributed by atoms with Crippen molar-refractivity contribution in [2.75, 3.05) is 10.6 Å². The highest BCUT2D eigenvalue weighted by molar-refractivity contribution is 5.85. The van der Waals surface area contributed by atoms with E-state index in [1.54, 1.807) is 24.3 Å². The first kappa shape index (κ1) is 21.8. The Kier molecular flexibility index (Phi) is 6.22. The van der Waals surface area contributed by atoms with Crippen molar-refractivity contribution in [1.82, 2.24) is 9.55 Å². The van der Waals surface area contributed by atoms with E-state index in [2.05, 4.69) is 29.9 Å². The minimum Gasteiger partial charge on any atom is -0.341 e. The van der Waals surface area contributed by atoms with Crippen molar-refractivity contribution >= 4 is 28.4 Å². The van der Waals surface area contributed by atoms with Crippen LogP contribution < -0.4 is 16.1 Å². The number of rotatable bonds is 7. The van der Waals surface area contributed by atoms with E-state index in [4.69, 9.17) is 4.98 Å². The van der Waals surface area contributed by atoms with Crippen LogP contribution >= 0.6 is 0 Å². The fraction of sp³-hybridized carbons (Fsp3) is 0.0714. The Balaban J connectivity index is 1.98. The van der Waals surface area contributed by atoms with Gasteiger partial charge in [0, 0.05) is 23.1 Å². The van der Waals surface area contributed by atoms with Crippen LogP contribution in [-0.2, 0) is 0 Å². The standard InChI is InChI=1S/C28H26N4O/c1-5-11-21(6-2)30-26-18-24(33)27-20(4)17-25(29-22-13-10-12-19(3)16-22)31-28(27)32(26)23-14-8-7-9-15-23/h5-18,30H,1-2H2,3-4H3,(H,29,31)/b21-11+. The van der Waals surface area contributed by atoms with E-state index in [0.29, 0.717) is 22.7 Å². The molecular formula is C28H26N4O. The van der Waals surface area contributed by atoms with E-state index >= 15 is 0 Å². The van der Waals surface area contributed by atoms with Gasteiger partial charge in [-0.25, -0.2) is 4.98 Å². The monoisotopic (exact) mass is 434 g/mol. The Morgan fingerprint density at radius 3 is 2.48 bits per heavy atom. The summed E-state index contributed by atoms with van der Waals surface area (Å²) in [5, 5.41) is 7.26. The van der Waals surface area contributed by atoms with Gasteiger partial charge >= 0.3 is 0 Å². The third-order valence-electron chi connectivity index (χ3n) is 5.26. The van der Waals surface area contributed by atoms with Gasteiger partial charge in [-0.3, -0.25) is 9.36 Å². The molecule has 0 saturated carbocycles. The van der Waals surface area contributed by atoms with Gasteiger partial charge in [0.1, 0.15) is 11.6 Å². The first-order valence-electron chi connectivity index (χ1n) is 10.7. The molecule has 5 heteroatoms. The van der Waals surface area contributed by atoms with Gasteiger partial charge in [-0.2, -0.15) is 0 Å². The third kappa shape index (κ3) is 4.62. The molecule has 0 spiro atoms. The number of nitrogens with zero attached hydrogens (tertiary/aromatic N) is 2. The fourth-order valence-electron chi connectivity index (χ4n) is 3.80. The number of benzene rings is 2. The van der Waals surface area contributed by atoms with Gasteiger partial charge in [-0.05, 0) is 67.5 Å². The minimum absolute atomic E-state index is 0.103. The molecule has 0 aliphatic carbocycles. The quantitative estimate of drug-likeness (QED) is 0.330. The molecule has 2 heterocycles. The van der Waals surface area contributed by atoms with Crippen LogP contribution in [0.15, 0.2) is 109 Å². The number of aromatic nitrogens is 2. The number of para-hydroxylation sites is 1. The van der Waals surface area contributed by atoms with Gasteiger partial charge in [-0.15, -0.1) is 0 Å². The van der Waals surface area contributed by atoms with Crippen LogP contribution in [0.1, 0.15) is 11.1 Å². The first-order valence-corrected chi connectivity index (χ1v) is 10.7. The lowest BCUT2D eigenvalue weighted by Crippen LogP contribution is -2.16. The number of anilines is 3. The molecule has 33 heavy (non-hydrogen) atoms. The molecule has 4 rings (SSSR count). The zero-order valence-electron chi connectivity index (χ0n) is 18.8. The number of allylic oxidation sites excluding steroid dienone is 3. The van der Waals surface area contributed by atoms with E-state index in [1.165, 1.54) is 0 Å². The molecule has 5 nitrogen and oxygen atoms in total. The molecule has 0 amide bonds. The zero-order valence-corrected chi connectivity index (χ0v) is 18.8. The van der Waals surface area contributed by atoms with Gasteiger partial charge < -0.3 is 10.6 Å². The maximum atomic E-state index is 13.2. The molecular weight excluding hydrogens is 408 g/mol. The normalized spacial score (nSPS) is 11.3. The van der Waals surface area contributed by atoms with Gasteiger partial charge in [0.2, 0.25) is 0 Å². The molecule has 2 aromatic carbocycles. The predicted molar refractivity (Wildman–Crippen MR) is 139 cm³/mol.